The summed E-state index contributed by atoms with van der Waals surface area (Å²) in [6.45, 7) is 3.66. The van der Waals surface area contributed by atoms with Gasteiger partial charge in [0.1, 0.15) is 17.3 Å². The monoisotopic (exact) mass is 491 g/mol. The van der Waals surface area contributed by atoms with Crippen molar-refractivity contribution in [2.45, 2.75) is 13.0 Å². The molecule has 1 saturated heterocycles. The number of fused-ring (bicyclic) bond motifs is 2. The first kappa shape index (κ1) is 21.6. The number of hydrogen-bond donors (Lipinski definition) is 3. The minimum atomic E-state index is -0.301. The van der Waals surface area contributed by atoms with Crippen LogP contribution in [0, 0.1) is 12.7 Å². The number of halogens is 1. The number of rotatable bonds is 4. The Bertz CT molecular complexity index is 1800. The van der Waals surface area contributed by atoms with E-state index in [4.69, 9.17) is 15.7 Å². The Hall–Kier alpha value is -4.70. The number of benzene rings is 1. The van der Waals surface area contributed by atoms with Crippen molar-refractivity contribution in [3.8, 4) is 33.9 Å². The van der Waals surface area contributed by atoms with Gasteiger partial charge in [0.25, 0.3) is 0 Å². The number of anilines is 1. The molecule has 1 aliphatic rings. The van der Waals surface area contributed by atoms with Crippen molar-refractivity contribution in [3.05, 3.63) is 72.3 Å². The van der Waals surface area contributed by atoms with Crippen molar-refractivity contribution in [2.24, 2.45) is 5.73 Å². The van der Waals surface area contributed by atoms with Crippen LogP contribution in [0.4, 0.5) is 10.2 Å². The number of hydrogen-bond acceptors (Lipinski definition) is 7. The molecular weight excluding hydrogens is 469 g/mol. The second kappa shape index (κ2) is 8.17. The van der Waals surface area contributed by atoms with E-state index < -0.39 is 0 Å². The van der Waals surface area contributed by atoms with Crippen molar-refractivity contribution in [1.29, 1.82) is 0 Å². The molecule has 0 spiro atoms. The Labute approximate surface area is 210 Å². The molecule has 9 nitrogen and oxygen atoms in total. The second-order valence-electron chi connectivity index (χ2n) is 9.40. The summed E-state index contributed by atoms with van der Waals surface area (Å²) >= 11 is 0. The van der Waals surface area contributed by atoms with Gasteiger partial charge in [0.05, 0.1) is 16.6 Å². The molecule has 6 heterocycles. The van der Waals surface area contributed by atoms with Crippen molar-refractivity contribution in [3.63, 3.8) is 0 Å². The van der Waals surface area contributed by atoms with Crippen LogP contribution in [-0.4, -0.2) is 54.2 Å². The summed E-state index contributed by atoms with van der Waals surface area (Å²) in [5.74, 6) is 1.18. The first-order chi connectivity index (χ1) is 18.0. The third kappa shape index (κ3) is 3.69. The number of pyridine rings is 3. The maximum atomic E-state index is 13.9. The van der Waals surface area contributed by atoms with Gasteiger partial charge in [-0.3, -0.25) is 5.10 Å². The maximum Gasteiger partial charge on any atom is 0.181 e. The van der Waals surface area contributed by atoms with E-state index in [-0.39, 0.29) is 11.9 Å². The average molecular weight is 492 g/mol. The molecule has 6 aromatic rings. The molecule has 0 aliphatic carbocycles. The molecule has 4 N–H and O–H groups in total. The molecule has 0 unspecified atom stereocenters. The first-order valence-corrected chi connectivity index (χ1v) is 12.0. The minimum absolute atomic E-state index is 0.192. The zero-order chi connectivity index (χ0) is 25.1. The molecule has 182 valence electrons. The Morgan fingerprint density at radius 1 is 1.00 bits per heavy atom. The lowest BCUT2D eigenvalue weighted by atomic mass is 10.1. The molecular formula is C27H22FN9. The van der Waals surface area contributed by atoms with Gasteiger partial charge in [-0.15, -0.1) is 0 Å². The van der Waals surface area contributed by atoms with Crippen molar-refractivity contribution < 1.29 is 4.39 Å². The van der Waals surface area contributed by atoms with Crippen molar-refractivity contribution in [2.75, 3.05) is 18.0 Å². The summed E-state index contributed by atoms with van der Waals surface area (Å²) in [5.41, 5.74) is 12.8. The summed E-state index contributed by atoms with van der Waals surface area (Å²) in [6, 6.07) is 14.6. The van der Waals surface area contributed by atoms with E-state index in [2.05, 4.69) is 43.0 Å². The standard InChI is InChI=1S/C27H22FN9/c1-14-7-21(32-22(8-14)37-12-18(29)13-37)16-10-20-24(35-36-25(20)31-11-16)27-33-23-19(5-6-30-26(23)34-27)15-3-2-4-17(28)9-15/h2-11,18H,12-13,29H2,1H3,(H,30,33,34)(H,31,35,36). The van der Waals surface area contributed by atoms with E-state index in [1.54, 1.807) is 18.5 Å². The van der Waals surface area contributed by atoms with Crippen LogP contribution < -0.4 is 10.6 Å². The highest BCUT2D eigenvalue weighted by Gasteiger charge is 2.25. The fourth-order valence-corrected chi connectivity index (χ4v) is 4.80. The zero-order valence-electron chi connectivity index (χ0n) is 19.9. The highest BCUT2D eigenvalue weighted by atomic mass is 19.1. The molecule has 10 heteroatoms. The number of imidazole rings is 1. The summed E-state index contributed by atoms with van der Waals surface area (Å²) in [4.78, 5) is 24.1. The molecule has 0 radical (unpaired) electrons. The molecule has 0 amide bonds. The van der Waals surface area contributed by atoms with Gasteiger partial charge in [-0.25, -0.2) is 24.3 Å². The lowest BCUT2D eigenvalue weighted by molar-refractivity contribution is 0.514. The summed E-state index contributed by atoms with van der Waals surface area (Å²) in [5, 5.41) is 8.25. The molecule has 0 bridgehead atoms. The van der Waals surface area contributed by atoms with Crippen LogP contribution in [0.5, 0.6) is 0 Å². The minimum Gasteiger partial charge on any atom is -0.353 e. The second-order valence-corrected chi connectivity index (χ2v) is 9.40. The number of nitrogens with zero attached hydrogens (tertiary/aromatic N) is 6. The Balaban J connectivity index is 1.32. The lowest BCUT2D eigenvalue weighted by Crippen LogP contribution is -2.56. The number of H-pyrrole nitrogens is 2. The predicted molar refractivity (Wildman–Crippen MR) is 140 cm³/mol. The van der Waals surface area contributed by atoms with Gasteiger partial charge in [-0.2, -0.15) is 5.10 Å². The van der Waals surface area contributed by atoms with E-state index in [0.717, 1.165) is 52.2 Å². The molecule has 0 atom stereocenters. The van der Waals surface area contributed by atoms with Crippen LogP contribution in [0.3, 0.4) is 0 Å². The van der Waals surface area contributed by atoms with Crippen LogP contribution >= 0.6 is 0 Å². The van der Waals surface area contributed by atoms with Crippen LogP contribution in [0.25, 0.3) is 56.1 Å². The third-order valence-corrected chi connectivity index (χ3v) is 6.66. The molecule has 1 fully saturated rings. The van der Waals surface area contributed by atoms with Gasteiger partial charge < -0.3 is 15.6 Å². The van der Waals surface area contributed by atoms with Crippen molar-refractivity contribution >= 4 is 28.0 Å². The number of nitrogens with one attached hydrogen (secondary N) is 2. The van der Waals surface area contributed by atoms with Gasteiger partial charge in [0.2, 0.25) is 0 Å². The van der Waals surface area contributed by atoms with E-state index in [1.807, 2.05) is 24.3 Å². The fourth-order valence-electron chi connectivity index (χ4n) is 4.80. The molecule has 0 saturated carbocycles. The smallest absolute Gasteiger partial charge is 0.181 e. The molecule has 37 heavy (non-hydrogen) atoms. The summed E-state index contributed by atoms with van der Waals surface area (Å²) in [6.07, 6.45) is 3.45. The van der Waals surface area contributed by atoms with Gasteiger partial charge in [0, 0.05) is 42.7 Å². The largest absolute Gasteiger partial charge is 0.353 e. The van der Waals surface area contributed by atoms with Gasteiger partial charge in [-0.1, -0.05) is 12.1 Å². The molecule has 7 rings (SSSR count). The zero-order valence-corrected chi connectivity index (χ0v) is 19.9. The summed E-state index contributed by atoms with van der Waals surface area (Å²) < 4.78 is 13.9. The van der Waals surface area contributed by atoms with Crippen LogP contribution in [0.2, 0.25) is 0 Å². The molecule has 1 aliphatic heterocycles. The van der Waals surface area contributed by atoms with Crippen LogP contribution in [0.1, 0.15) is 5.56 Å². The number of aromatic nitrogens is 7. The Morgan fingerprint density at radius 3 is 2.73 bits per heavy atom. The van der Waals surface area contributed by atoms with Gasteiger partial charge in [-0.05, 0) is 54.4 Å². The van der Waals surface area contributed by atoms with E-state index in [0.29, 0.717) is 28.3 Å². The highest BCUT2D eigenvalue weighted by molar-refractivity contribution is 5.96. The van der Waals surface area contributed by atoms with Gasteiger partial charge >= 0.3 is 0 Å². The predicted octanol–water partition coefficient (Wildman–Crippen LogP) is 4.22. The first-order valence-electron chi connectivity index (χ1n) is 12.0. The van der Waals surface area contributed by atoms with Crippen molar-refractivity contribution in [1.82, 2.24) is 35.1 Å². The quantitative estimate of drug-likeness (QED) is 0.337. The molecule has 5 aromatic heterocycles. The lowest BCUT2D eigenvalue weighted by Gasteiger charge is -2.38. The van der Waals surface area contributed by atoms with E-state index in [9.17, 15) is 4.39 Å². The third-order valence-electron chi connectivity index (χ3n) is 6.66. The maximum absolute atomic E-state index is 13.9. The normalized spacial score (nSPS) is 14.0. The highest BCUT2D eigenvalue weighted by Crippen LogP contribution is 2.32. The summed E-state index contributed by atoms with van der Waals surface area (Å²) in [7, 11) is 0. The van der Waals surface area contributed by atoms with E-state index >= 15 is 0 Å². The van der Waals surface area contributed by atoms with Crippen LogP contribution in [0.15, 0.2) is 60.9 Å². The van der Waals surface area contributed by atoms with E-state index in [1.165, 1.54) is 12.1 Å². The average Bonchev–Trinajstić information content (AvgIpc) is 3.50. The molecule has 1 aromatic carbocycles. The number of aromatic amines is 2. The SMILES string of the molecule is Cc1cc(-c2cnc3n[nH]c(-c4nc5nccc(-c6cccc(F)c6)c5[nH]4)c3c2)nc(N2CC(N)C2)c1. The Kier molecular flexibility index (Phi) is 4.76. The number of nitrogens with two attached hydrogens (primary N) is 1. The topological polar surface area (TPSA) is 125 Å². The number of aryl methyl sites for hydroxylation is 1. The van der Waals surface area contributed by atoms with Gasteiger partial charge in [0.15, 0.2) is 17.1 Å². The fraction of sp³-hybridized carbons (Fsp3) is 0.148. The Morgan fingerprint density at radius 2 is 1.89 bits per heavy atom. The van der Waals surface area contributed by atoms with Crippen LogP contribution in [-0.2, 0) is 0 Å².